The number of nitrogens with zero attached hydrogens (tertiary/aromatic N) is 1. The van der Waals surface area contributed by atoms with Gasteiger partial charge in [-0.3, -0.25) is 10.1 Å². The fraction of sp³-hybridized carbons (Fsp3) is 0.400. The van der Waals surface area contributed by atoms with E-state index in [1.54, 1.807) is 36.4 Å². The summed E-state index contributed by atoms with van der Waals surface area (Å²) in [7, 11) is 0. The summed E-state index contributed by atoms with van der Waals surface area (Å²) in [6.45, 7) is 4.57. The second-order valence-electron chi connectivity index (χ2n) is 6.83. The summed E-state index contributed by atoms with van der Waals surface area (Å²) in [6.07, 6.45) is 1.81. The maximum absolute atomic E-state index is 10.7. The van der Waals surface area contributed by atoms with Crippen LogP contribution in [0.15, 0.2) is 48.5 Å². The van der Waals surface area contributed by atoms with Crippen LogP contribution in [0.1, 0.15) is 43.9 Å². The summed E-state index contributed by atoms with van der Waals surface area (Å²) < 4.78 is 0. The fourth-order valence-corrected chi connectivity index (χ4v) is 2.79. The topological polar surface area (TPSA) is 95.6 Å². The van der Waals surface area contributed by atoms with Crippen molar-refractivity contribution in [2.75, 3.05) is 6.54 Å². The number of hydrogen-bond acceptors (Lipinski definition) is 5. The number of nitro groups is 1. The molecule has 6 heteroatoms. The van der Waals surface area contributed by atoms with Gasteiger partial charge in [-0.2, -0.15) is 0 Å². The van der Waals surface area contributed by atoms with E-state index >= 15 is 0 Å². The molecule has 0 saturated carbocycles. The van der Waals surface area contributed by atoms with E-state index in [0.717, 1.165) is 24.8 Å². The van der Waals surface area contributed by atoms with Gasteiger partial charge in [-0.15, -0.1) is 0 Å². The van der Waals surface area contributed by atoms with E-state index in [9.17, 15) is 20.3 Å². The van der Waals surface area contributed by atoms with Gasteiger partial charge in [0, 0.05) is 24.2 Å². The minimum Gasteiger partial charge on any atom is -0.508 e. The van der Waals surface area contributed by atoms with Crippen molar-refractivity contribution in [1.82, 2.24) is 5.32 Å². The number of aliphatic hydroxyl groups excluding tert-OH is 1. The monoisotopic (exact) mass is 358 g/mol. The summed E-state index contributed by atoms with van der Waals surface area (Å²) in [4.78, 5) is 10.3. The van der Waals surface area contributed by atoms with Crippen LogP contribution in [0, 0.1) is 10.1 Å². The van der Waals surface area contributed by atoms with Crippen LogP contribution in [0.25, 0.3) is 0 Å². The molecule has 0 aromatic heterocycles. The number of phenolic OH excluding ortho intramolecular Hbond substituents is 1. The predicted molar refractivity (Wildman–Crippen MR) is 101 cm³/mol. The highest BCUT2D eigenvalue weighted by atomic mass is 16.6. The Morgan fingerprint density at radius 1 is 1.23 bits per heavy atom. The van der Waals surface area contributed by atoms with E-state index < -0.39 is 11.0 Å². The van der Waals surface area contributed by atoms with Crippen molar-refractivity contribution in [3.63, 3.8) is 0 Å². The van der Waals surface area contributed by atoms with Gasteiger partial charge in [0.2, 0.25) is 0 Å². The quantitative estimate of drug-likeness (QED) is 0.469. The summed E-state index contributed by atoms with van der Waals surface area (Å²) in [5.74, 6) is 0.137. The summed E-state index contributed by atoms with van der Waals surface area (Å²) >= 11 is 0. The zero-order valence-corrected chi connectivity index (χ0v) is 15.2. The Bertz CT molecular complexity index is 733. The molecule has 140 valence electrons. The molecule has 6 nitrogen and oxygen atoms in total. The molecule has 0 aliphatic heterocycles. The van der Waals surface area contributed by atoms with Crippen molar-refractivity contribution in [1.29, 1.82) is 0 Å². The van der Waals surface area contributed by atoms with Gasteiger partial charge in [-0.1, -0.05) is 31.2 Å². The molecule has 2 aromatic rings. The molecule has 3 N–H and O–H groups in total. The lowest BCUT2D eigenvalue weighted by atomic mass is 9.90. The second-order valence-corrected chi connectivity index (χ2v) is 6.83. The van der Waals surface area contributed by atoms with Crippen molar-refractivity contribution < 1.29 is 15.1 Å². The number of aromatic hydroxyl groups is 1. The Balaban J connectivity index is 1.91. The van der Waals surface area contributed by atoms with Gasteiger partial charge in [0.25, 0.3) is 5.69 Å². The molecule has 0 fully saturated rings. The number of hydrogen-bond donors (Lipinski definition) is 3. The molecule has 0 aliphatic rings. The Morgan fingerprint density at radius 2 is 1.92 bits per heavy atom. The number of benzene rings is 2. The molecule has 0 amide bonds. The van der Waals surface area contributed by atoms with E-state index in [2.05, 4.69) is 19.2 Å². The number of phenols is 1. The predicted octanol–water partition coefficient (Wildman–Crippen LogP) is 3.72. The van der Waals surface area contributed by atoms with Crippen LogP contribution in [-0.4, -0.2) is 27.2 Å². The Hall–Kier alpha value is -2.44. The third kappa shape index (κ3) is 5.54. The minimum absolute atomic E-state index is 0.0966. The van der Waals surface area contributed by atoms with Crippen LogP contribution >= 0.6 is 0 Å². The number of aryl methyl sites for hydroxylation is 1. The standard InChI is InChI=1S/C20H26N2O4/c1-3-20(2,12-11-15-7-9-17(10-8-15)22(25)26)21-14-19(24)16-5-4-6-18(23)13-16/h4-10,13,19,21,23-24H,3,11-12,14H2,1-2H3. The highest BCUT2D eigenvalue weighted by Gasteiger charge is 2.23. The summed E-state index contributed by atoms with van der Waals surface area (Å²) in [5, 5.41) is 34.0. The molecule has 0 spiro atoms. The number of non-ortho nitro benzene ring substituents is 1. The Labute approximate surface area is 153 Å². The lowest BCUT2D eigenvalue weighted by Gasteiger charge is -2.31. The van der Waals surface area contributed by atoms with Crippen LogP contribution in [0.3, 0.4) is 0 Å². The molecular weight excluding hydrogens is 332 g/mol. The summed E-state index contributed by atoms with van der Waals surface area (Å²) in [5.41, 5.74) is 1.65. The third-order valence-electron chi connectivity index (χ3n) is 4.87. The highest BCUT2D eigenvalue weighted by Crippen LogP contribution is 2.22. The lowest BCUT2D eigenvalue weighted by Crippen LogP contribution is -2.44. The molecular formula is C20H26N2O4. The van der Waals surface area contributed by atoms with Gasteiger partial charge in [0.15, 0.2) is 0 Å². The van der Waals surface area contributed by atoms with E-state index in [4.69, 9.17) is 0 Å². The van der Waals surface area contributed by atoms with Crippen molar-refractivity contribution in [2.45, 2.75) is 44.8 Å². The largest absolute Gasteiger partial charge is 0.508 e. The van der Waals surface area contributed by atoms with E-state index in [1.807, 2.05) is 0 Å². The van der Waals surface area contributed by atoms with Gasteiger partial charge in [-0.05, 0) is 49.4 Å². The van der Waals surface area contributed by atoms with Gasteiger partial charge >= 0.3 is 0 Å². The van der Waals surface area contributed by atoms with Crippen molar-refractivity contribution in [3.05, 3.63) is 69.8 Å². The Kier molecular flexibility index (Phi) is 6.71. The first kappa shape index (κ1) is 19.9. The van der Waals surface area contributed by atoms with Gasteiger partial charge in [0.05, 0.1) is 11.0 Å². The fourth-order valence-electron chi connectivity index (χ4n) is 2.79. The summed E-state index contributed by atoms with van der Waals surface area (Å²) in [6, 6.07) is 13.3. The third-order valence-corrected chi connectivity index (χ3v) is 4.87. The van der Waals surface area contributed by atoms with Crippen LogP contribution < -0.4 is 5.32 Å². The van der Waals surface area contributed by atoms with Crippen LogP contribution in [-0.2, 0) is 6.42 Å². The van der Waals surface area contributed by atoms with Gasteiger partial charge < -0.3 is 15.5 Å². The molecule has 2 atom stereocenters. The minimum atomic E-state index is -0.702. The van der Waals surface area contributed by atoms with Gasteiger partial charge in [0.1, 0.15) is 5.75 Å². The van der Waals surface area contributed by atoms with Gasteiger partial charge in [-0.25, -0.2) is 0 Å². The van der Waals surface area contributed by atoms with Crippen LogP contribution in [0.4, 0.5) is 5.69 Å². The first-order valence-corrected chi connectivity index (χ1v) is 8.78. The molecule has 2 unspecified atom stereocenters. The Morgan fingerprint density at radius 3 is 2.50 bits per heavy atom. The average molecular weight is 358 g/mol. The molecule has 0 radical (unpaired) electrons. The SMILES string of the molecule is CCC(C)(CCc1ccc([N+](=O)[O-])cc1)NCC(O)c1cccc(O)c1. The zero-order valence-electron chi connectivity index (χ0n) is 15.2. The van der Waals surface area contributed by atoms with Crippen molar-refractivity contribution in [2.24, 2.45) is 0 Å². The maximum Gasteiger partial charge on any atom is 0.269 e. The molecule has 2 aromatic carbocycles. The van der Waals surface area contributed by atoms with Crippen LogP contribution in [0.5, 0.6) is 5.75 Å². The number of β-amino-alcohol motifs (C(OH)–C–C–N with tert-alkyl or cyclic N) is 1. The molecule has 0 heterocycles. The van der Waals surface area contributed by atoms with E-state index in [-0.39, 0.29) is 17.0 Å². The number of rotatable bonds is 9. The van der Waals surface area contributed by atoms with Crippen LogP contribution in [0.2, 0.25) is 0 Å². The zero-order chi connectivity index (χ0) is 19.2. The highest BCUT2D eigenvalue weighted by molar-refractivity contribution is 5.33. The van der Waals surface area contributed by atoms with E-state index in [1.165, 1.54) is 12.1 Å². The van der Waals surface area contributed by atoms with Crippen molar-refractivity contribution >= 4 is 5.69 Å². The second kappa shape index (κ2) is 8.78. The molecule has 0 bridgehead atoms. The van der Waals surface area contributed by atoms with E-state index in [0.29, 0.717) is 12.1 Å². The molecule has 2 rings (SSSR count). The van der Waals surface area contributed by atoms with Crippen molar-refractivity contribution in [3.8, 4) is 5.75 Å². The number of nitro benzene ring substituents is 1. The first-order valence-electron chi connectivity index (χ1n) is 8.78. The number of nitrogens with one attached hydrogen (secondary N) is 1. The normalized spacial score (nSPS) is 14.6. The smallest absolute Gasteiger partial charge is 0.269 e. The number of aliphatic hydroxyl groups is 1. The maximum atomic E-state index is 10.7. The lowest BCUT2D eigenvalue weighted by molar-refractivity contribution is -0.384. The molecule has 26 heavy (non-hydrogen) atoms. The first-order chi connectivity index (χ1) is 12.3. The molecule has 0 saturated heterocycles. The molecule has 0 aliphatic carbocycles. The average Bonchev–Trinajstić information content (AvgIpc) is 2.65.